The fraction of sp³-hybridized carbons (Fsp3) is 0.409. The molecule has 1 aliphatic heterocycles. The van der Waals surface area contributed by atoms with Crippen molar-refractivity contribution in [1.29, 1.82) is 0 Å². The second kappa shape index (κ2) is 11.0. The molecule has 6 nitrogen and oxygen atoms in total. The third-order valence-corrected chi connectivity index (χ3v) is 5.99. The number of halogens is 3. The Morgan fingerprint density at radius 3 is 2.28 bits per heavy atom. The van der Waals surface area contributed by atoms with Crippen LogP contribution in [-0.2, 0) is 28.7 Å². The summed E-state index contributed by atoms with van der Waals surface area (Å²) in [5.74, 6) is -0.917. The highest BCUT2D eigenvalue weighted by atomic mass is 32.2. The number of hydrogen-bond acceptors (Lipinski definition) is 6. The average Bonchev–Trinajstić information content (AvgIpc) is 2.73. The lowest BCUT2D eigenvalue weighted by molar-refractivity contribution is -0.138. The first-order valence-electron chi connectivity index (χ1n) is 10.1. The zero-order valence-corrected chi connectivity index (χ0v) is 18.2. The summed E-state index contributed by atoms with van der Waals surface area (Å²) in [6.07, 6.45) is -4.44. The van der Waals surface area contributed by atoms with Gasteiger partial charge in [0.25, 0.3) is 0 Å². The van der Waals surface area contributed by atoms with E-state index in [-0.39, 0.29) is 26.2 Å². The van der Waals surface area contributed by atoms with Crippen molar-refractivity contribution in [3.8, 4) is 0 Å². The molecule has 1 fully saturated rings. The number of carboxylic acid groups (broad SMARTS) is 1. The zero-order chi connectivity index (χ0) is 23.1. The number of nitrogens with zero attached hydrogens (tertiary/aromatic N) is 2. The van der Waals surface area contributed by atoms with Gasteiger partial charge in [-0.15, -0.1) is 0 Å². The van der Waals surface area contributed by atoms with E-state index in [1.165, 1.54) is 24.1 Å². The summed E-state index contributed by atoms with van der Waals surface area (Å²) < 4.78 is 45.8. The molecular weight excluding hydrogens is 445 g/mol. The zero-order valence-electron chi connectivity index (χ0n) is 17.3. The first-order valence-corrected chi connectivity index (χ1v) is 10.9. The Morgan fingerprint density at radius 1 is 1.03 bits per heavy atom. The van der Waals surface area contributed by atoms with Crippen LogP contribution in [-0.4, -0.2) is 59.9 Å². The number of alkyl halides is 3. The van der Waals surface area contributed by atoms with Crippen molar-refractivity contribution in [1.82, 2.24) is 4.31 Å². The minimum atomic E-state index is -4.34. The Bertz CT molecular complexity index is 901. The number of piperazine rings is 1. The Kier molecular flexibility index (Phi) is 8.41. The van der Waals surface area contributed by atoms with Crippen LogP contribution in [0.15, 0.2) is 47.4 Å². The first-order chi connectivity index (χ1) is 15.2. The lowest BCUT2D eigenvalue weighted by Crippen LogP contribution is -2.43. The van der Waals surface area contributed by atoms with Gasteiger partial charge in [-0.2, -0.15) is 13.2 Å². The van der Waals surface area contributed by atoms with E-state index >= 15 is 0 Å². The number of aliphatic carboxylic acids is 1. The molecule has 32 heavy (non-hydrogen) atoms. The Labute approximate surface area is 188 Å². The van der Waals surface area contributed by atoms with Gasteiger partial charge in [-0.25, -0.2) is 4.31 Å². The summed E-state index contributed by atoms with van der Waals surface area (Å²) in [5.41, 5.74) is 1.61. The number of carboxylic acids is 1. The quantitative estimate of drug-likeness (QED) is 0.428. The molecular formula is C22H25F3N2O4S. The van der Waals surface area contributed by atoms with Crippen molar-refractivity contribution >= 4 is 23.6 Å². The molecule has 10 heteroatoms. The van der Waals surface area contributed by atoms with Gasteiger partial charge in [0.15, 0.2) is 0 Å². The van der Waals surface area contributed by atoms with Gasteiger partial charge in [0, 0.05) is 36.8 Å². The molecule has 2 aromatic carbocycles. The van der Waals surface area contributed by atoms with Gasteiger partial charge in [-0.3, -0.25) is 4.79 Å². The highest BCUT2D eigenvalue weighted by Crippen LogP contribution is 2.32. The van der Waals surface area contributed by atoms with E-state index < -0.39 is 17.7 Å². The molecule has 1 aliphatic rings. The standard InChI is InChI=1S/C22H25F3N2O4S/c23-22(24,25)18-1-3-19(4-2-18)26-5-7-27(8-6-26)32-20-12-16(14-21(29)30)11-17(13-20)15-31-10-9-28/h1-4,11-13,28H,5-10,14-15H2,(H,29,30). The number of anilines is 1. The van der Waals surface area contributed by atoms with E-state index in [2.05, 4.69) is 4.31 Å². The van der Waals surface area contributed by atoms with E-state index in [9.17, 15) is 18.0 Å². The van der Waals surface area contributed by atoms with Crippen molar-refractivity contribution < 1.29 is 32.9 Å². The van der Waals surface area contributed by atoms with Crippen molar-refractivity contribution in [3.63, 3.8) is 0 Å². The van der Waals surface area contributed by atoms with E-state index in [0.29, 0.717) is 31.7 Å². The van der Waals surface area contributed by atoms with Gasteiger partial charge < -0.3 is 19.8 Å². The summed E-state index contributed by atoms with van der Waals surface area (Å²) in [6.45, 7) is 3.14. The minimum Gasteiger partial charge on any atom is -0.481 e. The summed E-state index contributed by atoms with van der Waals surface area (Å²) in [7, 11) is 0. The molecule has 0 aromatic heterocycles. The van der Waals surface area contributed by atoms with Crippen LogP contribution in [0.1, 0.15) is 16.7 Å². The van der Waals surface area contributed by atoms with E-state index in [4.69, 9.17) is 14.9 Å². The molecule has 0 atom stereocenters. The molecule has 0 unspecified atom stereocenters. The van der Waals surface area contributed by atoms with Crippen molar-refractivity contribution in [3.05, 3.63) is 59.2 Å². The van der Waals surface area contributed by atoms with Gasteiger partial charge in [-0.05, 0) is 59.5 Å². The lowest BCUT2D eigenvalue weighted by atomic mass is 10.1. The van der Waals surface area contributed by atoms with Gasteiger partial charge in [0.2, 0.25) is 0 Å². The summed E-state index contributed by atoms with van der Waals surface area (Å²) in [4.78, 5) is 14.1. The van der Waals surface area contributed by atoms with Crippen LogP contribution in [0.5, 0.6) is 0 Å². The van der Waals surface area contributed by atoms with Gasteiger partial charge in [0.05, 0.1) is 31.8 Å². The molecule has 3 rings (SSSR count). The van der Waals surface area contributed by atoms with Crippen molar-refractivity contribution in [2.24, 2.45) is 0 Å². The number of hydrogen-bond donors (Lipinski definition) is 2. The van der Waals surface area contributed by atoms with Crippen LogP contribution in [0.25, 0.3) is 0 Å². The van der Waals surface area contributed by atoms with Crippen LogP contribution in [0, 0.1) is 0 Å². The van der Waals surface area contributed by atoms with Crippen LogP contribution >= 0.6 is 11.9 Å². The normalized spacial score (nSPS) is 15.2. The number of rotatable bonds is 9. The second-order valence-electron chi connectivity index (χ2n) is 7.38. The summed E-state index contributed by atoms with van der Waals surface area (Å²) in [6, 6.07) is 10.8. The molecule has 174 valence electrons. The average molecular weight is 471 g/mol. The van der Waals surface area contributed by atoms with Crippen LogP contribution in [0.4, 0.5) is 18.9 Å². The maximum atomic E-state index is 12.8. The molecule has 1 heterocycles. The van der Waals surface area contributed by atoms with Crippen LogP contribution < -0.4 is 4.90 Å². The molecule has 0 bridgehead atoms. The third-order valence-electron chi connectivity index (χ3n) is 4.92. The molecule has 0 aliphatic carbocycles. The Morgan fingerprint density at radius 2 is 1.69 bits per heavy atom. The summed E-state index contributed by atoms with van der Waals surface area (Å²) in [5, 5.41) is 18.0. The van der Waals surface area contributed by atoms with E-state index in [1.54, 1.807) is 6.07 Å². The van der Waals surface area contributed by atoms with Gasteiger partial charge in [-0.1, -0.05) is 6.07 Å². The smallest absolute Gasteiger partial charge is 0.416 e. The maximum absolute atomic E-state index is 12.8. The van der Waals surface area contributed by atoms with Gasteiger partial charge >= 0.3 is 12.1 Å². The minimum absolute atomic E-state index is 0.0837. The van der Waals surface area contributed by atoms with Crippen LogP contribution in [0.2, 0.25) is 0 Å². The molecule has 1 saturated heterocycles. The number of aliphatic hydroxyl groups excluding tert-OH is 1. The van der Waals surface area contributed by atoms with E-state index in [1.807, 2.05) is 17.0 Å². The van der Waals surface area contributed by atoms with E-state index in [0.717, 1.165) is 28.3 Å². The predicted octanol–water partition coefficient (Wildman–Crippen LogP) is 3.67. The second-order valence-corrected chi connectivity index (χ2v) is 8.55. The number of carbonyl (C=O) groups is 1. The third kappa shape index (κ3) is 7.13. The molecule has 2 aromatic rings. The van der Waals surface area contributed by atoms with Crippen LogP contribution in [0.3, 0.4) is 0 Å². The topological polar surface area (TPSA) is 73.2 Å². The largest absolute Gasteiger partial charge is 0.481 e. The van der Waals surface area contributed by atoms with Gasteiger partial charge in [0.1, 0.15) is 0 Å². The number of ether oxygens (including phenoxy) is 1. The molecule has 2 N–H and O–H groups in total. The highest BCUT2D eigenvalue weighted by molar-refractivity contribution is 7.97. The van der Waals surface area contributed by atoms with Crippen molar-refractivity contribution in [2.75, 3.05) is 44.3 Å². The molecule has 0 radical (unpaired) electrons. The molecule has 0 spiro atoms. The molecule has 0 amide bonds. The predicted molar refractivity (Wildman–Crippen MR) is 116 cm³/mol. The highest BCUT2D eigenvalue weighted by Gasteiger charge is 2.30. The fourth-order valence-electron chi connectivity index (χ4n) is 3.44. The number of aliphatic hydroxyl groups is 1. The Hall–Kier alpha value is -2.27. The SMILES string of the molecule is O=C(O)Cc1cc(COCCO)cc(SN2CCN(c3ccc(C(F)(F)F)cc3)CC2)c1. The first kappa shape index (κ1) is 24.4. The number of benzene rings is 2. The Balaban J connectivity index is 1.61. The molecule has 0 saturated carbocycles. The monoisotopic (exact) mass is 470 g/mol. The van der Waals surface area contributed by atoms with Crippen molar-refractivity contribution in [2.45, 2.75) is 24.1 Å². The lowest BCUT2D eigenvalue weighted by Gasteiger charge is -2.35. The fourth-order valence-corrected chi connectivity index (χ4v) is 4.50. The maximum Gasteiger partial charge on any atom is 0.416 e. The summed E-state index contributed by atoms with van der Waals surface area (Å²) >= 11 is 1.52.